The second kappa shape index (κ2) is 5.52. The molecule has 6 nitrogen and oxygen atoms in total. The van der Waals surface area contributed by atoms with Gasteiger partial charge in [0.1, 0.15) is 5.75 Å². The van der Waals surface area contributed by atoms with Crippen LogP contribution in [0.15, 0.2) is 30.5 Å². The highest BCUT2D eigenvalue weighted by Gasteiger charge is 2.08. The number of nitrogens with one attached hydrogen (secondary N) is 1. The number of hydrogen-bond donors (Lipinski definition) is 2. The molecule has 0 aliphatic rings. The van der Waals surface area contributed by atoms with Gasteiger partial charge in [-0.3, -0.25) is 4.79 Å². The fourth-order valence-electron chi connectivity index (χ4n) is 1.90. The van der Waals surface area contributed by atoms with Crippen molar-refractivity contribution in [2.24, 2.45) is 5.84 Å². The molecule has 0 unspecified atom stereocenters. The molecule has 0 bridgehead atoms. The molecule has 0 atom stereocenters. The largest absolute Gasteiger partial charge is 0.496 e. The van der Waals surface area contributed by atoms with Gasteiger partial charge in [0, 0.05) is 18.1 Å². The lowest BCUT2D eigenvalue weighted by molar-refractivity contribution is -0.151. The van der Waals surface area contributed by atoms with E-state index in [4.69, 9.17) is 10.6 Å². The molecule has 1 aromatic carbocycles. The molecule has 96 valence electrons. The Morgan fingerprint density at radius 3 is 3.00 bits per heavy atom. The third kappa shape index (κ3) is 2.44. The van der Waals surface area contributed by atoms with Crippen LogP contribution in [0.5, 0.6) is 5.75 Å². The topological polar surface area (TPSA) is 78.5 Å². The normalized spacial score (nSPS) is 10.6. The Morgan fingerprint density at radius 1 is 1.44 bits per heavy atom. The Hall–Kier alpha value is -2.05. The molecule has 0 saturated carbocycles. The number of aromatic nitrogens is 1. The van der Waals surface area contributed by atoms with Crippen molar-refractivity contribution < 1.29 is 14.4 Å². The van der Waals surface area contributed by atoms with Gasteiger partial charge in [-0.15, -0.1) is 0 Å². The highest BCUT2D eigenvalue weighted by atomic mass is 16.7. The SMILES string of the molecule is COc1cccc2c1ccn2CCC(=O)ONN. The van der Waals surface area contributed by atoms with Crippen LogP contribution in [-0.4, -0.2) is 17.6 Å². The summed E-state index contributed by atoms with van der Waals surface area (Å²) in [6.07, 6.45) is 2.15. The quantitative estimate of drug-likeness (QED) is 0.609. The van der Waals surface area contributed by atoms with Gasteiger partial charge in [-0.05, 0) is 18.2 Å². The number of rotatable bonds is 5. The van der Waals surface area contributed by atoms with E-state index in [1.807, 2.05) is 40.6 Å². The Morgan fingerprint density at radius 2 is 2.28 bits per heavy atom. The van der Waals surface area contributed by atoms with E-state index >= 15 is 0 Å². The summed E-state index contributed by atoms with van der Waals surface area (Å²) in [7, 11) is 1.64. The first kappa shape index (κ1) is 12.4. The van der Waals surface area contributed by atoms with E-state index in [0.29, 0.717) is 6.54 Å². The predicted molar refractivity (Wildman–Crippen MR) is 66.5 cm³/mol. The molecular formula is C12H15N3O3. The van der Waals surface area contributed by atoms with Gasteiger partial charge in [0.25, 0.3) is 0 Å². The maximum atomic E-state index is 11.2. The van der Waals surface area contributed by atoms with Crippen molar-refractivity contribution in [3.63, 3.8) is 0 Å². The van der Waals surface area contributed by atoms with Crippen LogP contribution in [0.3, 0.4) is 0 Å². The molecule has 3 N–H and O–H groups in total. The van der Waals surface area contributed by atoms with Gasteiger partial charge in [-0.25, -0.2) is 5.84 Å². The number of ether oxygens (including phenoxy) is 1. The zero-order chi connectivity index (χ0) is 13.0. The predicted octanol–water partition coefficient (Wildman–Crippen LogP) is 0.961. The molecule has 0 radical (unpaired) electrons. The summed E-state index contributed by atoms with van der Waals surface area (Å²) in [5.41, 5.74) is 2.89. The van der Waals surface area contributed by atoms with Crippen molar-refractivity contribution in [2.75, 3.05) is 7.11 Å². The van der Waals surface area contributed by atoms with Crippen molar-refractivity contribution in [3.05, 3.63) is 30.5 Å². The van der Waals surface area contributed by atoms with E-state index in [1.54, 1.807) is 7.11 Å². The number of hydrazine groups is 1. The highest BCUT2D eigenvalue weighted by Crippen LogP contribution is 2.26. The molecule has 2 rings (SSSR count). The molecule has 0 aliphatic carbocycles. The van der Waals surface area contributed by atoms with Gasteiger partial charge in [0.05, 0.1) is 19.0 Å². The van der Waals surface area contributed by atoms with Crippen molar-refractivity contribution in [1.82, 2.24) is 10.2 Å². The van der Waals surface area contributed by atoms with Crippen LogP contribution in [0, 0.1) is 0 Å². The molecular weight excluding hydrogens is 234 g/mol. The number of carbonyl (C=O) groups is 1. The van der Waals surface area contributed by atoms with E-state index in [9.17, 15) is 4.79 Å². The molecule has 2 aromatic rings. The summed E-state index contributed by atoms with van der Waals surface area (Å²) in [5.74, 6) is 5.31. The first-order valence-electron chi connectivity index (χ1n) is 5.53. The lowest BCUT2D eigenvalue weighted by Crippen LogP contribution is -2.26. The maximum absolute atomic E-state index is 11.2. The average Bonchev–Trinajstić information content (AvgIpc) is 2.79. The Balaban J connectivity index is 2.17. The fraction of sp³-hybridized carbons (Fsp3) is 0.250. The molecule has 0 aliphatic heterocycles. The number of aryl methyl sites for hydroxylation is 1. The molecule has 6 heteroatoms. The van der Waals surface area contributed by atoms with E-state index in [-0.39, 0.29) is 6.42 Å². The second-order valence-electron chi connectivity index (χ2n) is 3.74. The van der Waals surface area contributed by atoms with Gasteiger partial charge in [-0.1, -0.05) is 11.7 Å². The third-order valence-corrected chi connectivity index (χ3v) is 2.72. The van der Waals surface area contributed by atoms with Gasteiger partial charge < -0.3 is 14.1 Å². The summed E-state index contributed by atoms with van der Waals surface area (Å²) in [6, 6.07) is 7.75. The van der Waals surface area contributed by atoms with Crippen LogP contribution in [0.1, 0.15) is 6.42 Å². The lowest BCUT2D eigenvalue weighted by atomic mass is 10.2. The molecule has 0 amide bonds. The third-order valence-electron chi connectivity index (χ3n) is 2.72. The number of hydrogen-bond acceptors (Lipinski definition) is 5. The minimum absolute atomic E-state index is 0.241. The van der Waals surface area contributed by atoms with Crippen LogP contribution in [0.2, 0.25) is 0 Å². The minimum Gasteiger partial charge on any atom is -0.496 e. The first-order valence-corrected chi connectivity index (χ1v) is 5.53. The maximum Gasteiger partial charge on any atom is 0.328 e. The molecule has 1 heterocycles. The van der Waals surface area contributed by atoms with E-state index in [1.165, 1.54) is 0 Å². The number of fused-ring (bicyclic) bond motifs is 1. The molecule has 1 aromatic heterocycles. The van der Waals surface area contributed by atoms with Gasteiger partial charge in [0.2, 0.25) is 0 Å². The summed E-state index contributed by atoms with van der Waals surface area (Å²) in [4.78, 5) is 15.6. The van der Waals surface area contributed by atoms with Gasteiger partial charge in [-0.2, -0.15) is 0 Å². The monoisotopic (exact) mass is 249 g/mol. The zero-order valence-electron chi connectivity index (χ0n) is 10.1. The summed E-state index contributed by atoms with van der Waals surface area (Å²) >= 11 is 0. The van der Waals surface area contributed by atoms with Crippen molar-refractivity contribution in [2.45, 2.75) is 13.0 Å². The molecule has 0 saturated heterocycles. The standard InChI is InChI=1S/C12H15N3O3/c1-17-11-4-2-3-10-9(11)5-7-15(10)8-6-12(16)18-14-13/h2-5,7,14H,6,8,13H2,1H3. The summed E-state index contributed by atoms with van der Waals surface area (Å²) in [6.45, 7) is 0.525. The Kier molecular flexibility index (Phi) is 3.81. The average molecular weight is 249 g/mol. The molecule has 0 fully saturated rings. The van der Waals surface area contributed by atoms with Crippen LogP contribution >= 0.6 is 0 Å². The zero-order valence-corrected chi connectivity index (χ0v) is 10.1. The van der Waals surface area contributed by atoms with Crippen molar-refractivity contribution in [3.8, 4) is 5.75 Å². The first-order chi connectivity index (χ1) is 8.76. The number of carbonyl (C=O) groups excluding carboxylic acids is 1. The van der Waals surface area contributed by atoms with Crippen LogP contribution in [0.4, 0.5) is 0 Å². The van der Waals surface area contributed by atoms with E-state index < -0.39 is 5.97 Å². The highest BCUT2D eigenvalue weighted by molar-refractivity contribution is 5.86. The summed E-state index contributed by atoms with van der Waals surface area (Å²) < 4.78 is 7.24. The smallest absolute Gasteiger partial charge is 0.328 e. The number of nitrogens with two attached hydrogens (primary N) is 1. The van der Waals surface area contributed by atoms with E-state index in [0.717, 1.165) is 16.7 Å². The number of methoxy groups -OCH3 is 1. The molecule has 0 spiro atoms. The van der Waals surface area contributed by atoms with Crippen molar-refractivity contribution in [1.29, 1.82) is 0 Å². The fourth-order valence-corrected chi connectivity index (χ4v) is 1.90. The van der Waals surface area contributed by atoms with Gasteiger partial charge >= 0.3 is 5.97 Å². The van der Waals surface area contributed by atoms with Crippen LogP contribution < -0.4 is 16.2 Å². The summed E-state index contributed by atoms with van der Waals surface area (Å²) in [5, 5.41) is 1.02. The number of benzene rings is 1. The Bertz CT molecular complexity index is 550. The van der Waals surface area contributed by atoms with Crippen LogP contribution in [0.25, 0.3) is 10.9 Å². The lowest BCUT2D eigenvalue weighted by Gasteiger charge is -2.06. The van der Waals surface area contributed by atoms with Gasteiger partial charge in [0.15, 0.2) is 0 Å². The molecule has 18 heavy (non-hydrogen) atoms. The van der Waals surface area contributed by atoms with E-state index in [2.05, 4.69) is 4.84 Å². The van der Waals surface area contributed by atoms with Crippen molar-refractivity contribution >= 4 is 16.9 Å². The Labute approximate surface area is 104 Å². The minimum atomic E-state index is -0.401. The number of nitrogens with zero attached hydrogens (tertiary/aromatic N) is 1. The second-order valence-corrected chi connectivity index (χ2v) is 3.74. The van der Waals surface area contributed by atoms with Crippen LogP contribution in [-0.2, 0) is 16.2 Å².